The van der Waals surface area contributed by atoms with Crippen LogP contribution in [0.2, 0.25) is 0 Å². The van der Waals surface area contributed by atoms with Gasteiger partial charge in [0.1, 0.15) is 4.90 Å². The van der Waals surface area contributed by atoms with Crippen LogP contribution in [0.3, 0.4) is 0 Å². The van der Waals surface area contributed by atoms with E-state index in [9.17, 15) is 8.42 Å². The second-order valence-corrected chi connectivity index (χ2v) is 6.41. The molecule has 1 aromatic carbocycles. The number of ether oxygens (including phenoxy) is 1. The summed E-state index contributed by atoms with van der Waals surface area (Å²) >= 11 is 0. The molecule has 1 aromatic rings. The summed E-state index contributed by atoms with van der Waals surface area (Å²) in [6.07, 6.45) is 3.42. The third-order valence-electron chi connectivity index (χ3n) is 3.25. The van der Waals surface area contributed by atoms with Crippen molar-refractivity contribution < 1.29 is 13.2 Å². The molecule has 0 saturated carbocycles. The van der Waals surface area contributed by atoms with Gasteiger partial charge < -0.3 is 10.1 Å². The molecule has 2 N–H and O–H groups in total. The lowest BCUT2D eigenvalue weighted by Crippen LogP contribution is -2.21. The third kappa shape index (κ3) is 3.68. The molecule has 1 atom stereocenters. The summed E-state index contributed by atoms with van der Waals surface area (Å²) in [5, 5.41) is 3.18. The van der Waals surface area contributed by atoms with Gasteiger partial charge in [0, 0.05) is 13.2 Å². The van der Waals surface area contributed by atoms with E-state index in [1.807, 2.05) is 6.07 Å². The zero-order valence-electron chi connectivity index (χ0n) is 11.1. The second kappa shape index (κ2) is 6.36. The zero-order chi connectivity index (χ0) is 13.7. The van der Waals surface area contributed by atoms with Crippen LogP contribution in [0.1, 0.15) is 19.3 Å². The van der Waals surface area contributed by atoms with Crippen LogP contribution >= 0.6 is 0 Å². The molecule has 5 nitrogen and oxygen atoms in total. The van der Waals surface area contributed by atoms with Crippen LogP contribution in [0.5, 0.6) is 0 Å². The minimum Gasteiger partial charge on any atom is -0.384 e. The molecule has 0 radical (unpaired) electrons. The SMILES string of the molecule is CNS(=O)(=O)c1ccccc1NCCC1CCCO1. The van der Waals surface area contributed by atoms with Crippen LogP contribution in [0.25, 0.3) is 0 Å². The van der Waals surface area contributed by atoms with Crippen LogP contribution in [0.15, 0.2) is 29.2 Å². The average molecular weight is 284 g/mol. The van der Waals surface area contributed by atoms with E-state index >= 15 is 0 Å². The molecule has 1 unspecified atom stereocenters. The van der Waals surface area contributed by atoms with Gasteiger partial charge in [-0.2, -0.15) is 0 Å². The van der Waals surface area contributed by atoms with Crippen LogP contribution in [0.4, 0.5) is 5.69 Å². The minimum absolute atomic E-state index is 0.282. The summed E-state index contributed by atoms with van der Waals surface area (Å²) in [5.74, 6) is 0. The summed E-state index contributed by atoms with van der Waals surface area (Å²) in [6.45, 7) is 1.55. The highest BCUT2D eigenvalue weighted by atomic mass is 32.2. The molecule has 1 saturated heterocycles. The van der Waals surface area contributed by atoms with E-state index in [1.54, 1.807) is 18.2 Å². The van der Waals surface area contributed by atoms with E-state index in [4.69, 9.17) is 4.74 Å². The van der Waals surface area contributed by atoms with Gasteiger partial charge in [-0.1, -0.05) is 12.1 Å². The Hall–Kier alpha value is -1.11. The number of benzene rings is 1. The first-order chi connectivity index (χ1) is 9.13. The number of hydrogen-bond donors (Lipinski definition) is 2. The number of rotatable bonds is 6. The molecule has 1 heterocycles. The Bertz CT molecular complexity index is 510. The number of anilines is 1. The Kier molecular flexibility index (Phi) is 4.79. The fourth-order valence-corrected chi connectivity index (χ4v) is 3.10. The van der Waals surface area contributed by atoms with Gasteiger partial charge in [-0.3, -0.25) is 0 Å². The molecular weight excluding hydrogens is 264 g/mol. The van der Waals surface area contributed by atoms with Gasteiger partial charge in [-0.15, -0.1) is 0 Å². The summed E-state index contributed by atoms with van der Waals surface area (Å²) in [4.78, 5) is 0.282. The Morgan fingerprint density at radius 2 is 2.16 bits per heavy atom. The first-order valence-corrected chi connectivity index (χ1v) is 8.00. The van der Waals surface area contributed by atoms with Gasteiger partial charge in [0.05, 0.1) is 11.8 Å². The summed E-state index contributed by atoms with van der Waals surface area (Å²) in [5.41, 5.74) is 0.634. The first kappa shape index (κ1) is 14.3. The Morgan fingerprint density at radius 3 is 2.84 bits per heavy atom. The zero-order valence-corrected chi connectivity index (χ0v) is 11.9. The normalized spacial score (nSPS) is 19.5. The lowest BCUT2D eigenvalue weighted by atomic mass is 10.2. The van der Waals surface area contributed by atoms with Crippen LogP contribution < -0.4 is 10.0 Å². The fourth-order valence-electron chi connectivity index (χ4n) is 2.20. The van der Waals surface area contributed by atoms with Gasteiger partial charge in [0.25, 0.3) is 0 Å². The van der Waals surface area contributed by atoms with Crippen LogP contribution in [0, 0.1) is 0 Å². The van der Waals surface area contributed by atoms with Crippen molar-refractivity contribution in [2.24, 2.45) is 0 Å². The summed E-state index contributed by atoms with van der Waals surface area (Å²) in [7, 11) is -2.01. The maximum Gasteiger partial charge on any atom is 0.242 e. The van der Waals surface area contributed by atoms with Gasteiger partial charge in [-0.25, -0.2) is 13.1 Å². The van der Waals surface area contributed by atoms with E-state index in [2.05, 4.69) is 10.0 Å². The van der Waals surface area contributed by atoms with E-state index < -0.39 is 10.0 Å². The molecule has 106 valence electrons. The number of sulfonamides is 1. The summed E-state index contributed by atoms with van der Waals surface area (Å²) < 4.78 is 31.6. The number of hydrogen-bond acceptors (Lipinski definition) is 4. The van der Waals surface area contributed by atoms with Gasteiger partial charge in [0.15, 0.2) is 0 Å². The molecule has 19 heavy (non-hydrogen) atoms. The second-order valence-electron chi connectivity index (χ2n) is 4.55. The smallest absolute Gasteiger partial charge is 0.242 e. The topological polar surface area (TPSA) is 67.4 Å². The molecule has 0 aromatic heterocycles. The Labute approximate surface area is 114 Å². The maximum atomic E-state index is 11.9. The van der Waals surface area contributed by atoms with Crippen LogP contribution in [-0.2, 0) is 14.8 Å². The third-order valence-corrected chi connectivity index (χ3v) is 4.72. The van der Waals surface area contributed by atoms with Gasteiger partial charge in [-0.05, 0) is 38.4 Å². The van der Waals surface area contributed by atoms with Crippen molar-refractivity contribution in [1.82, 2.24) is 4.72 Å². The van der Waals surface area contributed by atoms with Crippen LogP contribution in [-0.4, -0.2) is 34.7 Å². The van der Waals surface area contributed by atoms with Gasteiger partial charge in [0.2, 0.25) is 10.0 Å². The lowest BCUT2D eigenvalue weighted by Gasteiger charge is -2.14. The lowest BCUT2D eigenvalue weighted by molar-refractivity contribution is 0.107. The highest BCUT2D eigenvalue weighted by molar-refractivity contribution is 7.89. The van der Waals surface area contributed by atoms with E-state index in [1.165, 1.54) is 7.05 Å². The predicted molar refractivity (Wildman–Crippen MR) is 74.8 cm³/mol. The molecular formula is C13H20N2O3S. The quantitative estimate of drug-likeness (QED) is 0.832. The fraction of sp³-hybridized carbons (Fsp3) is 0.538. The predicted octanol–water partition coefficient (Wildman–Crippen LogP) is 1.58. The van der Waals surface area contributed by atoms with E-state index in [-0.39, 0.29) is 4.90 Å². The maximum absolute atomic E-state index is 11.9. The largest absolute Gasteiger partial charge is 0.384 e. The van der Waals surface area contributed by atoms with Crippen molar-refractivity contribution >= 4 is 15.7 Å². The van der Waals surface area contributed by atoms with E-state index in [0.717, 1.165) is 25.9 Å². The first-order valence-electron chi connectivity index (χ1n) is 6.51. The Morgan fingerprint density at radius 1 is 1.37 bits per heavy atom. The van der Waals surface area contributed by atoms with Crippen molar-refractivity contribution in [3.05, 3.63) is 24.3 Å². The minimum atomic E-state index is -3.42. The van der Waals surface area contributed by atoms with Gasteiger partial charge >= 0.3 is 0 Å². The standard InChI is InChI=1S/C13H20N2O3S/c1-14-19(16,17)13-7-3-2-6-12(13)15-9-8-11-5-4-10-18-11/h2-3,6-7,11,14-15H,4-5,8-10H2,1H3. The molecule has 2 rings (SSSR count). The molecule has 0 amide bonds. The number of para-hydroxylation sites is 1. The van der Waals surface area contributed by atoms with Crippen molar-refractivity contribution in [3.8, 4) is 0 Å². The van der Waals surface area contributed by atoms with Crippen molar-refractivity contribution in [1.29, 1.82) is 0 Å². The molecule has 0 aliphatic carbocycles. The molecule has 1 aliphatic heterocycles. The van der Waals surface area contributed by atoms with Crippen molar-refractivity contribution in [3.63, 3.8) is 0 Å². The summed E-state index contributed by atoms with van der Waals surface area (Å²) in [6, 6.07) is 6.92. The Balaban J connectivity index is 1.99. The molecule has 1 aliphatic rings. The number of nitrogens with one attached hydrogen (secondary N) is 2. The monoisotopic (exact) mass is 284 g/mol. The van der Waals surface area contributed by atoms with Crippen molar-refractivity contribution in [2.45, 2.75) is 30.3 Å². The average Bonchev–Trinajstić information content (AvgIpc) is 2.92. The molecule has 1 fully saturated rings. The van der Waals surface area contributed by atoms with E-state index in [0.29, 0.717) is 18.3 Å². The molecule has 0 bridgehead atoms. The highest BCUT2D eigenvalue weighted by Gasteiger charge is 2.17. The highest BCUT2D eigenvalue weighted by Crippen LogP contribution is 2.21. The molecule has 0 spiro atoms. The molecule has 6 heteroatoms. The van der Waals surface area contributed by atoms with Crippen molar-refractivity contribution in [2.75, 3.05) is 25.5 Å².